The third-order valence-corrected chi connectivity index (χ3v) is 4.16. The molecule has 2 aliphatic heterocycles. The predicted octanol–water partition coefficient (Wildman–Crippen LogP) is 2.02. The van der Waals surface area contributed by atoms with Gasteiger partial charge >= 0.3 is 0 Å². The summed E-state index contributed by atoms with van der Waals surface area (Å²) in [6, 6.07) is 1.38. The molecular weight excluding hydrogens is 184 g/mol. The lowest BCUT2D eigenvalue weighted by Gasteiger charge is -2.37. The van der Waals surface area contributed by atoms with Gasteiger partial charge in [0, 0.05) is 12.1 Å². The minimum absolute atomic E-state index is 0.558. The van der Waals surface area contributed by atoms with Crippen LogP contribution in [0.5, 0.6) is 0 Å². The van der Waals surface area contributed by atoms with Crippen molar-refractivity contribution in [2.75, 3.05) is 19.6 Å². The third-order valence-electron chi connectivity index (χ3n) is 4.16. The van der Waals surface area contributed by atoms with Crippen LogP contribution in [-0.2, 0) is 0 Å². The smallest absolute Gasteiger partial charge is 0.0247 e. The van der Waals surface area contributed by atoms with Crippen LogP contribution in [0.15, 0.2) is 12.7 Å². The number of rotatable bonds is 3. The SMILES string of the molecule is C=CC(C)N1CCC(C2CCCN2)CC1. The highest BCUT2D eigenvalue weighted by Gasteiger charge is 2.28. The first kappa shape index (κ1) is 11.2. The number of nitrogens with zero attached hydrogens (tertiary/aromatic N) is 1. The standard InChI is InChI=1S/C13H24N2/c1-3-11(2)15-9-6-12(7-10-15)13-5-4-8-14-13/h3,11-14H,1,4-10H2,2H3. The fraction of sp³-hybridized carbons (Fsp3) is 0.846. The molecule has 0 aromatic rings. The molecule has 0 aromatic carbocycles. The van der Waals surface area contributed by atoms with Gasteiger partial charge in [0.15, 0.2) is 0 Å². The average molecular weight is 208 g/mol. The van der Waals surface area contributed by atoms with Crippen molar-refractivity contribution in [1.82, 2.24) is 10.2 Å². The molecule has 1 N–H and O–H groups in total. The third kappa shape index (κ3) is 2.61. The molecule has 2 saturated heterocycles. The monoisotopic (exact) mass is 208 g/mol. The molecule has 2 fully saturated rings. The highest BCUT2D eigenvalue weighted by atomic mass is 15.2. The molecule has 0 radical (unpaired) electrons. The number of nitrogens with one attached hydrogen (secondary N) is 1. The second-order valence-corrected chi connectivity index (χ2v) is 5.05. The Kier molecular flexibility index (Phi) is 3.81. The summed E-state index contributed by atoms with van der Waals surface area (Å²) < 4.78 is 0. The molecule has 2 nitrogen and oxygen atoms in total. The van der Waals surface area contributed by atoms with E-state index in [0.29, 0.717) is 6.04 Å². The van der Waals surface area contributed by atoms with Gasteiger partial charge in [-0.25, -0.2) is 0 Å². The van der Waals surface area contributed by atoms with E-state index in [1.165, 1.54) is 45.3 Å². The molecule has 0 aliphatic carbocycles. The molecule has 2 rings (SSSR count). The number of likely N-dealkylation sites (tertiary alicyclic amines) is 1. The van der Waals surface area contributed by atoms with Crippen molar-refractivity contribution in [3.8, 4) is 0 Å². The Morgan fingerprint density at radius 1 is 1.33 bits per heavy atom. The summed E-state index contributed by atoms with van der Waals surface area (Å²) in [5.41, 5.74) is 0. The van der Waals surface area contributed by atoms with E-state index in [1.807, 2.05) is 0 Å². The van der Waals surface area contributed by atoms with Crippen molar-refractivity contribution in [3.63, 3.8) is 0 Å². The van der Waals surface area contributed by atoms with Gasteiger partial charge in [0.05, 0.1) is 0 Å². The quantitative estimate of drug-likeness (QED) is 0.714. The van der Waals surface area contributed by atoms with Crippen LogP contribution in [0.25, 0.3) is 0 Å². The molecule has 2 aliphatic rings. The van der Waals surface area contributed by atoms with E-state index in [4.69, 9.17) is 0 Å². The summed E-state index contributed by atoms with van der Waals surface area (Å²) in [4.78, 5) is 2.55. The Morgan fingerprint density at radius 2 is 2.07 bits per heavy atom. The molecule has 2 unspecified atom stereocenters. The normalized spacial score (nSPS) is 31.7. The van der Waals surface area contributed by atoms with Crippen molar-refractivity contribution in [2.45, 2.75) is 44.7 Å². The molecular formula is C13H24N2. The minimum Gasteiger partial charge on any atom is -0.314 e. The van der Waals surface area contributed by atoms with Crippen molar-refractivity contribution >= 4 is 0 Å². The Balaban J connectivity index is 1.78. The van der Waals surface area contributed by atoms with Crippen LogP contribution in [0.2, 0.25) is 0 Å². The van der Waals surface area contributed by atoms with Crippen LogP contribution in [0, 0.1) is 5.92 Å². The van der Waals surface area contributed by atoms with Crippen molar-refractivity contribution < 1.29 is 0 Å². The molecule has 0 amide bonds. The Bertz CT molecular complexity index is 201. The number of piperidine rings is 1. The molecule has 0 bridgehead atoms. The summed E-state index contributed by atoms with van der Waals surface area (Å²) in [6.45, 7) is 9.89. The van der Waals surface area contributed by atoms with Gasteiger partial charge in [-0.3, -0.25) is 4.90 Å². The van der Waals surface area contributed by atoms with Gasteiger partial charge in [-0.2, -0.15) is 0 Å². The van der Waals surface area contributed by atoms with E-state index in [0.717, 1.165) is 12.0 Å². The fourth-order valence-corrected chi connectivity index (χ4v) is 2.99. The van der Waals surface area contributed by atoms with Crippen molar-refractivity contribution in [2.24, 2.45) is 5.92 Å². The maximum atomic E-state index is 3.88. The van der Waals surface area contributed by atoms with E-state index in [-0.39, 0.29) is 0 Å². The molecule has 15 heavy (non-hydrogen) atoms. The van der Waals surface area contributed by atoms with Crippen LogP contribution in [0.3, 0.4) is 0 Å². The van der Waals surface area contributed by atoms with Gasteiger partial charge < -0.3 is 5.32 Å². The second-order valence-electron chi connectivity index (χ2n) is 5.05. The summed E-state index contributed by atoms with van der Waals surface area (Å²) in [5.74, 6) is 0.931. The summed E-state index contributed by atoms with van der Waals surface area (Å²) in [6.07, 6.45) is 7.59. The van der Waals surface area contributed by atoms with Crippen LogP contribution in [-0.4, -0.2) is 36.6 Å². The second kappa shape index (κ2) is 5.13. The van der Waals surface area contributed by atoms with E-state index in [9.17, 15) is 0 Å². The maximum absolute atomic E-state index is 3.88. The topological polar surface area (TPSA) is 15.3 Å². The van der Waals surface area contributed by atoms with Crippen LogP contribution in [0.4, 0.5) is 0 Å². The molecule has 86 valence electrons. The fourth-order valence-electron chi connectivity index (χ4n) is 2.99. The summed E-state index contributed by atoms with van der Waals surface area (Å²) in [5, 5.41) is 3.65. The first-order valence-corrected chi connectivity index (χ1v) is 6.41. The zero-order valence-electron chi connectivity index (χ0n) is 9.91. The lowest BCUT2D eigenvalue weighted by atomic mass is 9.88. The van der Waals surface area contributed by atoms with E-state index >= 15 is 0 Å². The number of hydrogen-bond donors (Lipinski definition) is 1. The maximum Gasteiger partial charge on any atom is 0.0247 e. The zero-order chi connectivity index (χ0) is 10.7. The van der Waals surface area contributed by atoms with E-state index in [1.54, 1.807) is 0 Å². The van der Waals surface area contributed by atoms with Crippen LogP contribution in [0.1, 0.15) is 32.6 Å². The zero-order valence-corrected chi connectivity index (χ0v) is 9.91. The molecule has 2 heterocycles. The highest BCUT2D eigenvalue weighted by molar-refractivity contribution is 4.90. The van der Waals surface area contributed by atoms with Gasteiger partial charge in [-0.05, 0) is 58.2 Å². The molecule has 0 spiro atoms. The Labute approximate surface area is 93.7 Å². The predicted molar refractivity (Wildman–Crippen MR) is 65.0 cm³/mol. The first-order valence-electron chi connectivity index (χ1n) is 6.41. The van der Waals surface area contributed by atoms with Crippen LogP contribution < -0.4 is 5.32 Å². The van der Waals surface area contributed by atoms with Crippen molar-refractivity contribution in [1.29, 1.82) is 0 Å². The molecule has 2 atom stereocenters. The van der Waals surface area contributed by atoms with Gasteiger partial charge in [-0.15, -0.1) is 6.58 Å². The molecule has 0 saturated carbocycles. The Hall–Kier alpha value is -0.340. The van der Waals surface area contributed by atoms with Crippen LogP contribution >= 0.6 is 0 Å². The highest BCUT2D eigenvalue weighted by Crippen LogP contribution is 2.26. The lowest BCUT2D eigenvalue weighted by Crippen LogP contribution is -2.43. The minimum atomic E-state index is 0.558. The summed E-state index contributed by atoms with van der Waals surface area (Å²) in [7, 11) is 0. The van der Waals surface area contributed by atoms with Gasteiger partial charge in [-0.1, -0.05) is 6.08 Å². The van der Waals surface area contributed by atoms with Gasteiger partial charge in [0.2, 0.25) is 0 Å². The average Bonchev–Trinajstić information content (AvgIpc) is 2.82. The molecule has 0 aromatic heterocycles. The largest absolute Gasteiger partial charge is 0.314 e. The van der Waals surface area contributed by atoms with Gasteiger partial charge in [0.1, 0.15) is 0 Å². The molecule has 2 heteroatoms. The van der Waals surface area contributed by atoms with Crippen molar-refractivity contribution in [3.05, 3.63) is 12.7 Å². The Morgan fingerprint density at radius 3 is 2.60 bits per heavy atom. The number of hydrogen-bond acceptors (Lipinski definition) is 2. The van der Waals surface area contributed by atoms with E-state index < -0.39 is 0 Å². The van der Waals surface area contributed by atoms with E-state index in [2.05, 4.69) is 29.8 Å². The lowest BCUT2D eigenvalue weighted by molar-refractivity contribution is 0.145. The first-order chi connectivity index (χ1) is 7.31. The van der Waals surface area contributed by atoms with Gasteiger partial charge in [0.25, 0.3) is 0 Å². The summed E-state index contributed by atoms with van der Waals surface area (Å²) >= 11 is 0.